The number of hydrogen-bond donors (Lipinski definition) is 1. The number of carbonyl (C=O) groups excluding carboxylic acids is 1. The van der Waals surface area contributed by atoms with Crippen LogP contribution >= 0.6 is 0 Å². The summed E-state index contributed by atoms with van der Waals surface area (Å²) in [6.45, 7) is -0.129. The molecule has 1 heterocycles. The molecular weight excluding hydrogens is 361 g/mol. The van der Waals surface area contributed by atoms with Crippen molar-refractivity contribution in [1.82, 2.24) is 15.5 Å². The van der Waals surface area contributed by atoms with Gasteiger partial charge in [0.25, 0.3) is 5.91 Å². The Morgan fingerprint density at radius 3 is 2.46 bits per heavy atom. The van der Waals surface area contributed by atoms with Crippen LogP contribution in [0.15, 0.2) is 64.2 Å². The zero-order valence-corrected chi connectivity index (χ0v) is 14.2. The van der Waals surface area contributed by atoms with Crippen LogP contribution in [0.2, 0.25) is 0 Å². The Morgan fingerprint density at radius 2 is 1.73 bits per heavy atom. The molecule has 7 nitrogen and oxygen atoms in total. The van der Waals surface area contributed by atoms with E-state index in [1.807, 2.05) is 0 Å². The van der Waals surface area contributed by atoms with Gasteiger partial charge < -0.3 is 9.73 Å². The molecule has 2 aromatic carbocycles. The lowest BCUT2D eigenvalue weighted by Gasteiger charge is -2.02. The van der Waals surface area contributed by atoms with Crippen molar-refractivity contribution in [3.05, 3.63) is 77.4 Å². The predicted octanol–water partition coefficient (Wildman–Crippen LogP) is 2.11. The summed E-state index contributed by atoms with van der Waals surface area (Å²) in [6.07, 6.45) is 0. The van der Waals surface area contributed by atoms with Gasteiger partial charge in [0.15, 0.2) is 0 Å². The van der Waals surface area contributed by atoms with Gasteiger partial charge in [-0.3, -0.25) is 4.79 Å². The number of halogens is 1. The predicted molar refractivity (Wildman–Crippen MR) is 89.2 cm³/mol. The van der Waals surface area contributed by atoms with Gasteiger partial charge in [0.2, 0.25) is 15.7 Å². The average Bonchev–Trinajstić information content (AvgIpc) is 3.12. The molecule has 0 radical (unpaired) electrons. The highest BCUT2D eigenvalue weighted by molar-refractivity contribution is 7.90. The number of benzene rings is 2. The molecule has 1 N–H and O–H groups in total. The minimum atomic E-state index is -4.00. The SMILES string of the molecule is O=C(NCc1nnc(S(=O)(=O)Cc2ccccc2F)o1)c1ccccc1. The molecule has 0 spiro atoms. The highest BCUT2D eigenvalue weighted by Crippen LogP contribution is 2.17. The van der Waals surface area contributed by atoms with Crippen LogP contribution in [-0.2, 0) is 22.1 Å². The molecule has 1 aromatic heterocycles. The first-order valence-corrected chi connectivity index (χ1v) is 9.23. The molecule has 3 rings (SSSR count). The van der Waals surface area contributed by atoms with Gasteiger partial charge >= 0.3 is 5.22 Å². The smallest absolute Gasteiger partial charge is 0.335 e. The van der Waals surface area contributed by atoms with E-state index < -0.39 is 26.6 Å². The standard InChI is InChI=1S/C17H14FN3O4S/c18-14-9-5-4-8-13(14)11-26(23,24)17-21-20-15(25-17)10-19-16(22)12-6-2-1-3-7-12/h1-9H,10-11H2,(H,19,22). The second kappa shape index (κ2) is 7.44. The topological polar surface area (TPSA) is 102 Å². The van der Waals surface area contributed by atoms with E-state index in [9.17, 15) is 17.6 Å². The Kier molecular flexibility index (Phi) is 5.08. The number of sulfone groups is 1. The zero-order valence-electron chi connectivity index (χ0n) is 13.4. The second-order valence-electron chi connectivity index (χ2n) is 5.36. The summed E-state index contributed by atoms with van der Waals surface area (Å²) in [4.78, 5) is 11.9. The summed E-state index contributed by atoms with van der Waals surface area (Å²) in [5, 5.41) is 9.02. The Hall–Kier alpha value is -3.07. The first kappa shape index (κ1) is 17.7. The first-order valence-electron chi connectivity index (χ1n) is 7.57. The van der Waals surface area contributed by atoms with Crippen molar-refractivity contribution in [2.75, 3.05) is 0 Å². The van der Waals surface area contributed by atoms with Crippen LogP contribution in [0, 0.1) is 5.82 Å². The lowest BCUT2D eigenvalue weighted by Crippen LogP contribution is -2.22. The lowest BCUT2D eigenvalue weighted by molar-refractivity contribution is 0.0946. The molecule has 0 aliphatic heterocycles. The van der Waals surface area contributed by atoms with Crippen molar-refractivity contribution >= 4 is 15.7 Å². The summed E-state index contributed by atoms with van der Waals surface area (Å²) >= 11 is 0. The van der Waals surface area contributed by atoms with Crippen molar-refractivity contribution in [3.63, 3.8) is 0 Å². The highest BCUT2D eigenvalue weighted by Gasteiger charge is 2.24. The van der Waals surface area contributed by atoms with E-state index in [0.29, 0.717) is 5.56 Å². The maximum Gasteiger partial charge on any atom is 0.335 e. The maximum absolute atomic E-state index is 13.6. The van der Waals surface area contributed by atoms with Crippen molar-refractivity contribution in [2.45, 2.75) is 17.5 Å². The Morgan fingerprint density at radius 1 is 1.04 bits per heavy atom. The summed E-state index contributed by atoms with van der Waals surface area (Å²) < 4.78 is 43.3. The van der Waals surface area contributed by atoms with E-state index in [4.69, 9.17) is 4.42 Å². The molecule has 0 bridgehead atoms. The van der Waals surface area contributed by atoms with Gasteiger partial charge in [-0.1, -0.05) is 41.5 Å². The Bertz CT molecular complexity index is 1020. The van der Waals surface area contributed by atoms with Crippen LogP contribution in [0.3, 0.4) is 0 Å². The number of nitrogens with one attached hydrogen (secondary N) is 1. The van der Waals surface area contributed by atoms with Crippen LogP contribution in [0.4, 0.5) is 4.39 Å². The monoisotopic (exact) mass is 375 g/mol. The number of nitrogens with zero attached hydrogens (tertiary/aromatic N) is 2. The largest absolute Gasteiger partial charge is 0.411 e. The molecule has 134 valence electrons. The molecule has 0 unspecified atom stereocenters. The van der Waals surface area contributed by atoms with Gasteiger partial charge in [0.1, 0.15) is 5.82 Å². The van der Waals surface area contributed by atoms with Gasteiger partial charge in [-0.2, -0.15) is 0 Å². The maximum atomic E-state index is 13.6. The molecule has 0 saturated carbocycles. The fourth-order valence-electron chi connectivity index (χ4n) is 2.16. The lowest BCUT2D eigenvalue weighted by atomic mass is 10.2. The Labute approximate surface area is 148 Å². The molecular formula is C17H14FN3O4S. The van der Waals surface area contributed by atoms with Gasteiger partial charge in [-0.15, -0.1) is 5.10 Å². The quantitative estimate of drug-likeness (QED) is 0.708. The average molecular weight is 375 g/mol. The van der Waals surface area contributed by atoms with E-state index >= 15 is 0 Å². The summed E-state index contributed by atoms with van der Waals surface area (Å²) in [5.74, 6) is -1.66. The number of aromatic nitrogens is 2. The number of hydrogen-bond acceptors (Lipinski definition) is 6. The number of rotatable bonds is 6. The van der Waals surface area contributed by atoms with Gasteiger partial charge in [-0.25, -0.2) is 12.8 Å². The van der Waals surface area contributed by atoms with E-state index in [2.05, 4.69) is 15.5 Å². The van der Waals surface area contributed by atoms with Crippen LogP contribution < -0.4 is 5.32 Å². The third-order valence-electron chi connectivity index (χ3n) is 3.45. The summed E-state index contributed by atoms with van der Waals surface area (Å²) in [7, 11) is -4.00. The molecule has 0 saturated heterocycles. The Balaban J connectivity index is 1.67. The minimum absolute atomic E-state index is 0.00429. The molecule has 0 aliphatic carbocycles. The van der Waals surface area contributed by atoms with E-state index in [1.165, 1.54) is 24.3 Å². The van der Waals surface area contributed by atoms with Crippen molar-refractivity contribution in [1.29, 1.82) is 0 Å². The van der Waals surface area contributed by atoms with Crippen LogP contribution in [0.1, 0.15) is 21.8 Å². The van der Waals surface area contributed by atoms with Crippen LogP contribution in [0.25, 0.3) is 0 Å². The number of amides is 1. The molecule has 0 atom stereocenters. The first-order chi connectivity index (χ1) is 12.5. The highest BCUT2D eigenvalue weighted by atomic mass is 32.2. The number of carbonyl (C=O) groups is 1. The van der Waals surface area contributed by atoms with E-state index in [1.54, 1.807) is 30.3 Å². The fourth-order valence-corrected chi connectivity index (χ4v) is 3.32. The second-order valence-corrected chi connectivity index (χ2v) is 7.23. The normalized spacial score (nSPS) is 11.3. The third-order valence-corrected chi connectivity index (χ3v) is 4.84. The van der Waals surface area contributed by atoms with E-state index in [0.717, 1.165) is 0 Å². The summed E-state index contributed by atoms with van der Waals surface area (Å²) in [5.41, 5.74) is 0.448. The van der Waals surface area contributed by atoms with Crippen LogP contribution in [-0.4, -0.2) is 24.5 Å². The van der Waals surface area contributed by atoms with Crippen LogP contribution in [0.5, 0.6) is 0 Å². The zero-order chi connectivity index (χ0) is 18.6. The molecule has 0 aliphatic rings. The molecule has 9 heteroatoms. The van der Waals surface area contributed by atoms with Crippen molar-refractivity contribution in [3.8, 4) is 0 Å². The molecule has 1 amide bonds. The molecule has 3 aromatic rings. The molecule has 26 heavy (non-hydrogen) atoms. The van der Waals surface area contributed by atoms with Gasteiger partial charge in [-0.05, 0) is 18.2 Å². The van der Waals surface area contributed by atoms with Crippen molar-refractivity contribution < 1.29 is 22.0 Å². The van der Waals surface area contributed by atoms with E-state index in [-0.39, 0.29) is 23.9 Å². The van der Waals surface area contributed by atoms with Crippen molar-refractivity contribution in [2.24, 2.45) is 0 Å². The van der Waals surface area contributed by atoms with Gasteiger partial charge in [0.05, 0.1) is 12.3 Å². The minimum Gasteiger partial charge on any atom is -0.411 e. The van der Waals surface area contributed by atoms with Gasteiger partial charge in [0, 0.05) is 11.1 Å². The molecule has 0 fully saturated rings. The summed E-state index contributed by atoms with van der Waals surface area (Å²) in [6, 6.07) is 14.0. The third kappa shape index (κ3) is 4.12. The fraction of sp³-hybridized carbons (Fsp3) is 0.118.